The summed E-state index contributed by atoms with van der Waals surface area (Å²) in [6.07, 6.45) is 0.221. The normalized spacial score (nSPS) is 10.7. The van der Waals surface area contributed by atoms with Crippen LogP contribution in [0, 0.1) is 13.8 Å². The molecule has 0 fully saturated rings. The molecule has 0 aliphatic carbocycles. The van der Waals surface area contributed by atoms with Crippen molar-refractivity contribution < 1.29 is 13.9 Å². The van der Waals surface area contributed by atoms with Crippen LogP contribution in [0.15, 0.2) is 30.3 Å². The highest BCUT2D eigenvalue weighted by Crippen LogP contribution is 2.29. The minimum Gasteiger partial charge on any atom is -0.463 e. The van der Waals surface area contributed by atoms with Crippen LogP contribution in [0.5, 0.6) is 5.75 Å². The van der Waals surface area contributed by atoms with E-state index in [9.17, 15) is 9.18 Å². The number of carbonyl (C=O) groups excluding carboxylic acids is 1. The van der Waals surface area contributed by atoms with Gasteiger partial charge in [0.25, 0.3) is 0 Å². The first-order chi connectivity index (χ1) is 13.5. The standard InChI is InChI=1S/C21H25FN4O2.H2S/c1-5-25(6-2)19(27)12-18-20(16-7-9-17(10-8-16)28-13-22)24-26-15(4)11-14(3)23-21(18)26;/h7-11H,5-6,12-13H2,1-4H3;1H2. The summed E-state index contributed by atoms with van der Waals surface area (Å²) in [5.74, 6) is 0.487. The van der Waals surface area contributed by atoms with E-state index in [4.69, 9.17) is 9.84 Å². The molecule has 156 valence electrons. The summed E-state index contributed by atoms with van der Waals surface area (Å²) in [7, 11) is 0. The minimum absolute atomic E-state index is 0. The summed E-state index contributed by atoms with van der Waals surface area (Å²) in [6, 6.07) is 8.99. The van der Waals surface area contributed by atoms with Gasteiger partial charge in [-0.25, -0.2) is 13.9 Å². The predicted octanol–water partition coefficient (Wildman–Crippen LogP) is 3.84. The summed E-state index contributed by atoms with van der Waals surface area (Å²) >= 11 is 0. The SMILES string of the molecule is CCN(CC)C(=O)Cc1c(-c2ccc(OCF)cc2)nn2c(C)cc(C)nc12.S. The number of hydrogen-bond acceptors (Lipinski definition) is 4. The molecular formula is C21H27FN4O2S. The summed E-state index contributed by atoms with van der Waals surface area (Å²) < 4.78 is 19.0. The highest BCUT2D eigenvalue weighted by atomic mass is 32.1. The quantitative estimate of drug-likeness (QED) is 0.585. The van der Waals surface area contributed by atoms with Gasteiger partial charge in [-0.1, -0.05) is 0 Å². The molecule has 0 aliphatic heterocycles. The van der Waals surface area contributed by atoms with Gasteiger partial charge in [-0.3, -0.25) is 4.79 Å². The van der Waals surface area contributed by atoms with Gasteiger partial charge in [0.2, 0.25) is 12.8 Å². The van der Waals surface area contributed by atoms with Gasteiger partial charge in [-0.05, 0) is 58.0 Å². The van der Waals surface area contributed by atoms with Crippen molar-refractivity contribution in [2.45, 2.75) is 34.1 Å². The van der Waals surface area contributed by atoms with Crippen LogP contribution < -0.4 is 4.74 Å². The van der Waals surface area contributed by atoms with Gasteiger partial charge in [0.15, 0.2) is 5.65 Å². The first kappa shape index (κ1) is 22.7. The fraction of sp³-hybridized carbons (Fsp3) is 0.381. The lowest BCUT2D eigenvalue weighted by molar-refractivity contribution is -0.130. The zero-order chi connectivity index (χ0) is 20.3. The van der Waals surface area contributed by atoms with Crippen molar-refractivity contribution >= 4 is 25.1 Å². The Morgan fingerprint density at radius 2 is 1.83 bits per heavy atom. The number of aryl methyl sites for hydroxylation is 2. The first-order valence-electron chi connectivity index (χ1n) is 9.41. The molecule has 8 heteroatoms. The van der Waals surface area contributed by atoms with Crippen LogP contribution >= 0.6 is 13.5 Å². The summed E-state index contributed by atoms with van der Waals surface area (Å²) in [6.45, 7) is 8.27. The zero-order valence-electron chi connectivity index (χ0n) is 17.2. The molecule has 0 spiro atoms. The molecule has 1 amide bonds. The second-order valence-electron chi connectivity index (χ2n) is 6.62. The Labute approximate surface area is 177 Å². The summed E-state index contributed by atoms with van der Waals surface area (Å²) in [4.78, 5) is 19.3. The van der Waals surface area contributed by atoms with E-state index < -0.39 is 6.86 Å². The molecule has 0 bridgehead atoms. The third-order valence-electron chi connectivity index (χ3n) is 4.78. The maximum atomic E-state index is 12.8. The third-order valence-corrected chi connectivity index (χ3v) is 4.78. The van der Waals surface area contributed by atoms with Gasteiger partial charge >= 0.3 is 0 Å². The van der Waals surface area contributed by atoms with Gasteiger partial charge in [-0.2, -0.15) is 18.6 Å². The Bertz CT molecular complexity index is 985. The smallest absolute Gasteiger partial charge is 0.228 e. The van der Waals surface area contributed by atoms with Crippen molar-refractivity contribution in [3.8, 4) is 17.0 Å². The van der Waals surface area contributed by atoms with Gasteiger partial charge in [0, 0.05) is 35.6 Å². The zero-order valence-corrected chi connectivity index (χ0v) is 18.2. The first-order valence-corrected chi connectivity index (χ1v) is 9.41. The Kier molecular flexibility index (Phi) is 7.61. The molecule has 0 saturated carbocycles. The molecule has 0 N–H and O–H groups in total. The molecule has 2 aromatic heterocycles. The van der Waals surface area contributed by atoms with E-state index in [0.717, 1.165) is 22.5 Å². The highest BCUT2D eigenvalue weighted by Gasteiger charge is 2.21. The second kappa shape index (κ2) is 9.73. The van der Waals surface area contributed by atoms with Gasteiger partial charge in [0.05, 0.1) is 12.1 Å². The number of halogens is 1. The number of carbonyl (C=O) groups is 1. The van der Waals surface area contributed by atoms with Crippen LogP contribution in [0.2, 0.25) is 0 Å². The molecular weight excluding hydrogens is 391 g/mol. The van der Waals surface area contributed by atoms with E-state index in [1.165, 1.54) is 0 Å². The lowest BCUT2D eigenvalue weighted by Gasteiger charge is -2.18. The lowest BCUT2D eigenvalue weighted by atomic mass is 10.0. The number of amides is 1. The van der Waals surface area contributed by atoms with Crippen LogP contribution in [0.4, 0.5) is 4.39 Å². The van der Waals surface area contributed by atoms with Crippen molar-refractivity contribution in [3.63, 3.8) is 0 Å². The number of nitrogens with zero attached hydrogens (tertiary/aromatic N) is 4. The number of aromatic nitrogens is 3. The van der Waals surface area contributed by atoms with Crippen LogP contribution in [-0.2, 0) is 11.2 Å². The van der Waals surface area contributed by atoms with Crippen molar-refractivity contribution in [1.29, 1.82) is 0 Å². The molecule has 1 aromatic carbocycles. The Morgan fingerprint density at radius 1 is 1.17 bits per heavy atom. The van der Waals surface area contributed by atoms with Crippen molar-refractivity contribution in [2.75, 3.05) is 20.0 Å². The monoisotopic (exact) mass is 418 g/mol. The Balaban J connectivity index is 0.00000300. The minimum atomic E-state index is -0.875. The van der Waals surface area contributed by atoms with Crippen molar-refractivity contribution in [3.05, 3.63) is 47.3 Å². The summed E-state index contributed by atoms with van der Waals surface area (Å²) in [5, 5.41) is 4.73. The van der Waals surface area contributed by atoms with Gasteiger partial charge in [-0.15, -0.1) is 0 Å². The molecule has 2 heterocycles. The van der Waals surface area contributed by atoms with E-state index in [1.807, 2.05) is 45.9 Å². The van der Waals surface area contributed by atoms with Gasteiger partial charge in [0.1, 0.15) is 5.75 Å². The average molecular weight is 419 g/mol. The molecule has 3 rings (SSSR count). The largest absolute Gasteiger partial charge is 0.463 e. The number of benzene rings is 1. The fourth-order valence-electron chi connectivity index (χ4n) is 3.37. The maximum Gasteiger partial charge on any atom is 0.228 e. The van der Waals surface area contributed by atoms with E-state index in [2.05, 4.69) is 4.98 Å². The number of hydrogen-bond donors (Lipinski definition) is 0. The molecule has 0 aliphatic rings. The van der Waals surface area contributed by atoms with Gasteiger partial charge < -0.3 is 9.64 Å². The average Bonchev–Trinajstić information content (AvgIpc) is 3.02. The van der Waals surface area contributed by atoms with Crippen molar-refractivity contribution in [1.82, 2.24) is 19.5 Å². The molecule has 0 atom stereocenters. The van der Waals surface area contributed by atoms with E-state index in [-0.39, 0.29) is 25.8 Å². The maximum absolute atomic E-state index is 12.8. The van der Waals surface area contributed by atoms with Crippen LogP contribution in [0.1, 0.15) is 30.8 Å². The number of alkyl halides is 1. The molecule has 3 aromatic rings. The lowest BCUT2D eigenvalue weighted by Crippen LogP contribution is -2.31. The predicted molar refractivity (Wildman–Crippen MR) is 117 cm³/mol. The molecule has 29 heavy (non-hydrogen) atoms. The van der Waals surface area contributed by atoms with Crippen LogP contribution in [0.3, 0.4) is 0 Å². The third kappa shape index (κ3) is 4.70. The topological polar surface area (TPSA) is 59.7 Å². The summed E-state index contributed by atoms with van der Waals surface area (Å²) in [5.41, 5.74) is 4.84. The molecule has 0 unspecified atom stereocenters. The van der Waals surface area contributed by atoms with E-state index >= 15 is 0 Å². The molecule has 0 radical (unpaired) electrons. The van der Waals surface area contributed by atoms with Crippen LogP contribution in [0.25, 0.3) is 16.9 Å². The Hall–Kier alpha value is -2.61. The van der Waals surface area contributed by atoms with Crippen molar-refractivity contribution in [2.24, 2.45) is 0 Å². The molecule has 0 saturated heterocycles. The highest BCUT2D eigenvalue weighted by molar-refractivity contribution is 7.59. The Morgan fingerprint density at radius 3 is 2.41 bits per heavy atom. The number of rotatable bonds is 7. The number of likely N-dealkylation sites (N-methyl/N-ethyl adjacent to an activating group) is 1. The number of ether oxygens (including phenoxy) is 1. The fourth-order valence-corrected chi connectivity index (χ4v) is 3.37. The molecule has 6 nitrogen and oxygen atoms in total. The van der Waals surface area contributed by atoms with E-state index in [1.54, 1.807) is 21.5 Å². The number of fused-ring (bicyclic) bond motifs is 1. The van der Waals surface area contributed by atoms with Crippen LogP contribution in [-0.4, -0.2) is 45.4 Å². The van der Waals surface area contributed by atoms with E-state index in [0.29, 0.717) is 30.2 Å². The second-order valence-corrected chi connectivity index (χ2v) is 6.62.